The zero-order valence-electron chi connectivity index (χ0n) is 12.4. The van der Waals surface area contributed by atoms with Crippen LogP contribution in [0.5, 0.6) is 0 Å². The highest BCUT2D eigenvalue weighted by atomic mass is 79.9. The van der Waals surface area contributed by atoms with Crippen LogP contribution in [0.2, 0.25) is 0 Å². The molecule has 5 heteroatoms. The van der Waals surface area contributed by atoms with Gasteiger partial charge in [0.15, 0.2) is 0 Å². The van der Waals surface area contributed by atoms with E-state index in [4.69, 9.17) is 0 Å². The van der Waals surface area contributed by atoms with Crippen LogP contribution in [0.25, 0.3) is 0 Å². The van der Waals surface area contributed by atoms with Gasteiger partial charge < -0.3 is 5.11 Å². The normalized spacial score (nSPS) is 16.0. The number of amides is 1. The van der Waals surface area contributed by atoms with Crippen LogP contribution in [-0.2, 0) is 4.79 Å². The number of aliphatic hydroxyl groups is 1. The van der Waals surface area contributed by atoms with Crippen molar-refractivity contribution in [1.82, 2.24) is 0 Å². The average molecular weight is 429 g/mol. The molecule has 118 valence electrons. The highest BCUT2D eigenvalue weighted by molar-refractivity contribution is 9.28. The monoisotopic (exact) mass is 427 g/mol. The van der Waals surface area contributed by atoms with Gasteiger partial charge in [0.05, 0.1) is 15.2 Å². The highest BCUT2D eigenvalue weighted by Crippen LogP contribution is 2.35. The summed E-state index contributed by atoms with van der Waals surface area (Å²) in [6.07, 6.45) is 4.72. The SMILES string of the molecule is CCCCCC(O)C1=CC(=C(Br)Br)N(c2ccccc2)C1=O. The number of carbonyl (C=O) groups excluding carboxylic acids is 1. The predicted molar refractivity (Wildman–Crippen MR) is 97.0 cm³/mol. The Morgan fingerprint density at radius 1 is 1.23 bits per heavy atom. The van der Waals surface area contributed by atoms with Crippen molar-refractivity contribution in [2.45, 2.75) is 38.7 Å². The van der Waals surface area contributed by atoms with Crippen molar-refractivity contribution in [3.05, 3.63) is 51.1 Å². The minimum Gasteiger partial charge on any atom is -0.388 e. The molecule has 1 unspecified atom stereocenters. The minimum absolute atomic E-state index is 0.165. The van der Waals surface area contributed by atoms with Crippen molar-refractivity contribution in [2.75, 3.05) is 4.90 Å². The first kappa shape index (κ1) is 17.4. The van der Waals surface area contributed by atoms with E-state index in [0.717, 1.165) is 24.9 Å². The molecule has 1 aliphatic heterocycles. The van der Waals surface area contributed by atoms with Crippen LogP contribution in [0, 0.1) is 0 Å². The Bertz CT molecular complexity index is 592. The fourth-order valence-corrected chi connectivity index (χ4v) is 3.05. The van der Waals surface area contributed by atoms with Crippen LogP contribution in [0.15, 0.2) is 51.1 Å². The number of carbonyl (C=O) groups is 1. The molecule has 0 spiro atoms. The standard InChI is InChI=1S/C17H19Br2NO2/c1-2-3-5-10-15(21)13-11-14(16(18)19)20(17(13)22)12-8-6-4-7-9-12/h4,6-9,11,15,21H,2-3,5,10H2,1H3. The van der Waals surface area contributed by atoms with E-state index in [2.05, 4.69) is 38.8 Å². The fraction of sp³-hybridized carbons (Fsp3) is 0.353. The number of nitrogens with zero attached hydrogens (tertiary/aromatic N) is 1. The maximum Gasteiger partial charge on any atom is 0.261 e. The van der Waals surface area contributed by atoms with Crippen molar-refractivity contribution in [1.29, 1.82) is 0 Å². The third-order valence-electron chi connectivity index (χ3n) is 3.63. The summed E-state index contributed by atoms with van der Waals surface area (Å²) < 4.78 is 0.688. The molecule has 0 bridgehead atoms. The molecular weight excluding hydrogens is 410 g/mol. The van der Waals surface area contributed by atoms with Gasteiger partial charge in [-0.05, 0) is 56.5 Å². The van der Waals surface area contributed by atoms with Crippen LogP contribution >= 0.6 is 31.9 Å². The molecule has 2 rings (SSSR count). The van der Waals surface area contributed by atoms with E-state index in [0.29, 0.717) is 21.1 Å². The van der Waals surface area contributed by atoms with Crippen molar-refractivity contribution < 1.29 is 9.90 Å². The molecule has 1 aliphatic rings. The quantitative estimate of drug-likeness (QED) is 0.657. The predicted octanol–water partition coefficient (Wildman–Crippen LogP) is 4.86. The molecular formula is C17H19Br2NO2. The third kappa shape index (κ3) is 3.89. The molecule has 1 aromatic rings. The van der Waals surface area contributed by atoms with E-state index in [9.17, 15) is 9.90 Å². The van der Waals surface area contributed by atoms with E-state index in [1.807, 2.05) is 30.3 Å². The van der Waals surface area contributed by atoms with E-state index >= 15 is 0 Å². The number of aliphatic hydroxyl groups excluding tert-OH is 1. The summed E-state index contributed by atoms with van der Waals surface area (Å²) in [6, 6.07) is 9.43. The smallest absolute Gasteiger partial charge is 0.261 e. The van der Waals surface area contributed by atoms with Crippen LogP contribution < -0.4 is 4.90 Å². The fourth-order valence-electron chi connectivity index (χ4n) is 2.47. The maximum atomic E-state index is 12.7. The topological polar surface area (TPSA) is 40.5 Å². The van der Waals surface area contributed by atoms with Crippen LogP contribution in [0.3, 0.4) is 0 Å². The molecule has 22 heavy (non-hydrogen) atoms. The summed E-state index contributed by atoms with van der Waals surface area (Å²) in [5.41, 5.74) is 1.94. The zero-order chi connectivity index (χ0) is 16.1. The van der Waals surface area contributed by atoms with Crippen molar-refractivity contribution in [3.8, 4) is 0 Å². The number of allylic oxidation sites excluding steroid dienone is 1. The minimum atomic E-state index is -0.720. The van der Waals surface area contributed by atoms with E-state index < -0.39 is 6.10 Å². The molecule has 0 aliphatic carbocycles. The molecule has 1 N–H and O–H groups in total. The third-order valence-corrected chi connectivity index (χ3v) is 4.44. The largest absolute Gasteiger partial charge is 0.388 e. The molecule has 1 amide bonds. The molecule has 3 nitrogen and oxygen atoms in total. The molecule has 0 fully saturated rings. The van der Waals surface area contributed by atoms with Gasteiger partial charge in [0, 0.05) is 11.3 Å². The second-order valence-electron chi connectivity index (χ2n) is 5.23. The highest BCUT2D eigenvalue weighted by Gasteiger charge is 2.34. The number of para-hydroxylation sites is 1. The number of hydrogen-bond acceptors (Lipinski definition) is 2. The van der Waals surface area contributed by atoms with Gasteiger partial charge in [0.25, 0.3) is 5.91 Å². The molecule has 0 saturated carbocycles. The lowest BCUT2D eigenvalue weighted by Gasteiger charge is -2.20. The van der Waals surface area contributed by atoms with Gasteiger partial charge in [-0.1, -0.05) is 44.4 Å². The first-order chi connectivity index (χ1) is 10.6. The molecule has 1 aromatic carbocycles. The molecule has 1 heterocycles. The number of halogens is 2. The van der Waals surface area contributed by atoms with Gasteiger partial charge in [-0.25, -0.2) is 0 Å². The number of hydrogen-bond donors (Lipinski definition) is 1. The second-order valence-corrected chi connectivity index (χ2v) is 7.88. The molecule has 0 saturated heterocycles. The van der Waals surface area contributed by atoms with Crippen LogP contribution in [-0.4, -0.2) is 17.1 Å². The van der Waals surface area contributed by atoms with Crippen LogP contribution in [0.1, 0.15) is 32.6 Å². The Morgan fingerprint density at radius 3 is 2.50 bits per heavy atom. The number of benzene rings is 1. The van der Waals surface area contributed by atoms with Crippen molar-refractivity contribution >= 4 is 43.5 Å². The van der Waals surface area contributed by atoms with Gasteiger partial charge in [-0.2, -0.15) is 0 Å². The molecule has 0 aromatic heterocycles. The molecule has 0 radical (unpaired) electrons. The first-order valence-electron chi connectivity index (χ1n) is 7.40. The Morgan fingerprint density at radius 2 is 1.91 bits per heavy atom. The zero-order valence-corrected chi connectivity index (χ0v) is 15.6. The number of rotatable bonds is 6. The Kier molecular flexibility index (Phi) is 6.41. The van der Waals surface area contributed by atoms with Gasteiger partial charge in [-0.3, -0.25) is 9.69 Å². The van der Waals surface area contributed by atoms with Gasteiger partial charge in [0.2, 0.25) is 0 Å². The average Bonchev–Trinajstić information content (AvgIpc) is 2.86. The second kappa shape index (κ2) is 8.09. The lowest BCUT2D eigenvalue weighted by molar-refractivity contribution is -0.115. The van der Waals surface area contributed by atoms with Crippen LogP contribution in [0.4, 0.5) is 5.69 Å². The lowest BCUT2D eigenvalue weighted by atomic mass is 10.0. The maximum absolute atomic E-state index is 12.7. The Balaban J connectivity index is 2.26. The molecule has 1 atom stereocenters. The Hall–Kier alpha value is -0.910. The summed E-state index contributed by atoms with van der Waals surface area (Å²) >= 11 is 6.77. The van der Waals surface area contributed by atoms with Gasteiger partial charge in [0.1, 0.15) is 0 Å². The number of unbranched alkanes of at least 4 members (excludes halogenated alkanes) is 2. The summed E-state index contributed by atoms with van der Waals surface area (Å²) in [7, 11) is 0. The summed E-state index contributed by atoms with van der Waals surface area (Å²) in [4.78, 5) is 14.3. The Labute approximate surface area is 148 Å². The summed E-state index contributed by atoms with van der Waals surface area (Å²) in [5, 5.41) is 10.3. The summed E-state index contributed by atoms with van der Waals surface area (Å²) in [6.45, 7) is 2.12. The van der Waals surface area contributed by atoms with Gasteiger partial charge >= 0.3 is 0 Å². The first-order valence-corrected chi connectivity index (χ1v) is 8.99. The van der Waals surface area contributed by atoms with E-state index in [1.54, 1.807) is 11.0 Å². The number of anilines is 1. The van der Waals surface area contributed by atoms with Crippen molar-refractivity contribution in [3.63, 3.8) is 0 Å². The summed E-state index contributed by atoms with van der Waals surface area (Å²) in [5.74, 6) is -0.165. The van der Waals surface area contributed by atoms with E-state index in [-0.39, 0.29) is 5.91 Å². The lowest BCUT2D eigenvalue weighted by Crippen LogP contribution is -2.29. The van der Waals surface area contributed by atoms with Crippen molar-refractivity contribution in [2.24, 2.45) is 0 Å². The van der Waals surface area contributed by atoms with E-state index in [1.165, 1.54) is 0 Å². The van der Waals surface area contributed by atoms with Gasteiger partial charge in [-0.15, -0.1) is 0 Å².